The van der Waals surface area contributed by atoms with Crippen molar-refractivity contribution in [1.82, 2.24) is 0 Å². The normalized spacial score (nSPS) is 14.0. The van der Waals surface area contributed by atoms with E-state index in [1.54, 1.807) is 0 Å². The third kappa shape index (κ3) is 5.53. The van der Waals surface area contributed by atoms with Gasteiger partial charge >= 0.3 is 0 Å². The minimum atomic E-state index is -0.210. The van der Waals surface area contributed by atoms with E-state index in [9.17, 15) is 0 Å². The van der Waals surface area contributed by atoms with E-state index in [-0.39, 0.29) is 10.8 Å². The van der Waals surface area contributed by atoms with Crippen LogP contribution >= 0.6 is 0 Å². The number of hydrogen-bond acceptors (Lipinski definition) is 1. The predicted octanol–water partition coefficient (Wildman–Crippen LogP) is 15.9. The number of benzene rings is 9. The Hall–Kier alpha value is -6.96. The fraction of sp³-hybridized carbons (Fsp3) is 0.103. The highest BCUT2D eigenvalue weighted by atomic mass is 15.1. The fourth-order valence-corrected chi connectivity index (χ4v) is 10.2. The van der Waals surface area contributed by atoms with Crippen LogP contribution in [0, 0.1) is 0 Å². The average Bonchev–Trinajstić information content (AvgIpc) is 3.67. The van der Waals surface area contributed by atoms with Crippen LogP contribution in [0.25, 0.3) is 66.4 Å². The quantitative estimate of drug-likeness (QED) is 0.163. The molecule has 0 amide bonds. The molecule has 9 aromatic carbocycles. The lowest BCUT2D eigenvalue weighted by molar-refractivity contribution is 0.660. The van der Waals surface area contributed by atoms with Gasteiger partial charge in [0.15, 0.2) is 0 Å². The van der Waals surface area contributed by atoms with Crippen molar-refractivity contribution in [3.05, 3.63) is 222 Å². The maximum atomic E-state index is 2.53. The first-order chi connectivity index (χ1) is 28.8. The lowest BCUT2D eigenvalue weighted by Gasteiger charge is -2.31. The molecule has 59 heavy (non-hydrogen) atoms. The Morgan fingerprint density at radius 3 is 1.54 bits per heavy atom. The van der Waals surface area contributed by atoms with Crippen molar-refractivity contribution < 1.29 is 0 Å². The molecule has 0 spiro atoms. The van der Waals surface area contributed by atoms with Crippen molar-refractivity contribution in [2.75, 3.05) is 4.90 Å². The van der Waals surface area contributed by atoms with Crippen molar-refractivity contribution in [1.29, 1.82) is 0 Å². The molecule has 0 fully saturated rings. The molecule has 0 bridgehead atoms. The summed E-state index contributed by atoms with van der Waals surface area (Å²) in [5.74, 6) is 0. The molecule has 9 aromatic rings. The van der Waals surface area contributed by atoms with Gasteiger partial charge in [-0.05, 0) is 119 Å². The first-order valence-corrected chi connectivity index (χ1v) is 20.8. The predicted molar refractivity (Wildman–Crippen MR) is 250 cm³/mol. The third-order valence-corrected chi connectivity index (χ3v) is 13.2. The van der Waals surface area contributed by atoms with Crippen molar-refractivity contribution in [3.63, 3.8) is 0 Å². The molecular weight excluding hydrogens is 711 g/mol. The highest BCUT2D eigenvalue weighted by Gasteiger charge is 2.41. The van der Waals surface area contributed by atoms with Crippen LogP contribution in [0.1, 0.15) is 49.9 Å². The van der Waals surface area contributed by atoms with Crippen LogP contribution in [0.4, 0.5) is 17.1 Å². The largest absolute Gasteiger partial charge is 0.310 e. The average molecular weight is 756 g/mol. The van der Waals surface area contributed by atoms with Crippen molar-refractivity contribution in [2.24, 2.45) is 0 Å². The smallest absolute Gasteiger partial charge is 0.0549 e. The molecule has 0 saturated heterocycles. The highest BCUT2D eigenvalue weighted by Crippen LogP contribution is 2.58. The Morgan fingerprint density at radius 2 is 0.847 bits per heavy atom. The molecule has 1 nitrogen and oxygen atoms in total. The zero-order chi connectivity index (χ0) is 39.9. The van der Waals surface area contributed by atoms with Gasteiger partial charge in [-0.15, -0.1) is 0 Å². The number of hydrogen-bond donors (Lipinski definition) is 0. The van der Waals surface area contributed by atoms with Crippen LogP contribution in [0.15, 0.2) is 200 Å². The summed E-state index contributed by atoms with van der Waals surface area (Å²) in [6.07, 6.45) is 0. The second-order valence-electron chi connectivity index (χ2n) is 17.3. The first kappa shape index (κ1) is 35.2. The van der Waals surface area contributed by atoms with E-state index < -0.39 is 0 Å². The second kappa shape index (κ2) is 13.3. The van der Waals surface area contributed by atoms with Gasteiger partial charge in [0.25, 0.3) is 0 Å². The standard InChI is InChI=1S/C58H45N/c1-57(2)51-22-14-13-21-48(51)49-33-32-46(37-53(49)57)59(45-30-27-42(28-31-45)41-25-23-40(24-26-41)38-15-7-5-8-16-38)54-36-44-19-11-12-20-47(44)56-55(54)50-35-43(39-17-9-6-10-18-39)29-34-52(50)58(56,3)4/h5-37H,1-4H3. The van der Waals surface area contributed by atoms with Gasteiger partial charge in [-0.2, -0.15) is 0 Å². The van der Waals surface area contributed by atoms with Gasteiger partial charge in [0.05, 0.1) is 5.69 Å². The monoisotopic (exact) mass is 755 g/mol. The molecule has 2 aliphatic carbocycles. The topological polar surface area (TPSA) is 3.24 Å². The summed E-state index contributed by atoms with van der Waals surface area (Å²) >= 11 is 0. The molecule has 0 radical (unpaired) electrons. The minimum absolute atomic E-state index is 0.131. The Morgan fingerprint density at radius 1 is 0.339 bits per heavy atom. The maximum Gasteiger partial charge on any atom is 0.0549 e. The molecule has 1 heteroatoms. The van der Waals surface area contributed by atoms with E-state index in [4.69, 9.17) is 0 Å². The number of fused-ring (bicyclic) bond motifs is 8. The van der Waals surface area contributed by atoms with Crippen LogP contribution in [0.5, 0.6) is 0 Å². The summed E-state index contributed by atoms with van der Waals surface area (Å²) < 4.78 is 0. The Labute approximate surface area is 347 Å². The summed E-state index contributed by atoms with van der Waals surface area (Å²) in [7, 11) is 0. The zero-order valence-corrected chi connectivity index (χ0v) is 34.0. The SMILES string of the molecule is CC1(C)c2ccccc2-c2ccc(N(c3ccc(-c4ccc(-c5ccccc5)cc4)cc3)c3cc4ccccc4c4c3-c3cc(-c5ccccc5)ccc3C4(C)C)cc21. The number of nitrogens with zero attached hydrogens (tertiary/aromatic N) is 1. The van der Waals surface area contributed by atoms with Crippen LogP contribution in [0.3, 0.4) is 0 Å². The molecule has 0 heterocycles. The summed E-state index contributed by atoms with van der Waals surface area (Å²) in [4.78, 5) is 2.53. The fourth-order valence-electron chi connectivity index (χ4n) is 10.2. The molecule has 0 saturated carbocycles. The van der Waals surface area contributed by atoms with Crippen LogP contribution in [-0.4, -0.2) is 0 Å². The molecule has 0 atom stereocenters. The Balaban J connectivity index is 1.13. The van der Waals surface area contributed by atoms with E-state index in [0.29, 0.717) is 0 Å². The third-order valence-electron chi connectivity index (χ3n) is 13.2. The molecule has 0 unspecified atom stereocenters. The van der Waals surface area contributed by atoms with E-state index in [1.165, 1.54) is 94.3 Å². The lowest BCUT2D eigenvalue weighted by atomic mass is 9.79. The van der Waals surface area contributed by atoms with Crippen LogP contribution in [-0.2, 0) is 10.8 Å². The maximum absolute atomic E-state index is 2.53. The van der Waals surface area contributed by atoms with E-state index >= 15 is 0 Å². The summed E-state index contributed by atoms with van der Waals surface area (Å²) in [6, 6.07) is 74.2. The minimum Gasteiger partial charge on any atom is -0.310 e. The van der Waals surface area contributed by atoms with Crippen LogP contribution in [0.2, 0.25) is 0 Å². The van der Waals surface area contributed by atoms with Gasteiger partial charge in [0, 0.05) is 27.8 Å². The van der Waals surface area contributed by atoms with Crippen molar-refractivity contribution in [2.45, 2.75) is 38.5 Å². The number of rotatable bonds is 6. The zero-order valence-electron chi connectivity index (χ0n) is 34.0. The van der Waals surface area contributed by atoms with Crippen LogP contribution < -0.4 is 4.90 Å². The first-order valence-electron chi connectivity index (χ1n) is 20.8. The Kier molecular flexibility index (Phi) is 7.94. The second-order valence-corrected chi connectivity index (χ2v) is 17.3. The van der Waals surface area contributed by atoms with E-state index in [0.717, 1.165) is 11.4 Å². The van der Waals surface area contributed by atoms with Crippen molar-refractivity contribution in [3.8, 4) is 55.6 Å². The van der Waals surface area contributed by atoms with Gasteiger partial charge in [-0.25, -0.2) is 0 Å². The summed E-state index contributed by atoms with van der Waals surface area (Å²) in [5, 5.41) is 2.56. The molecule has 0 aromatic heterocycles. The molecule has 2 aliphatic rings. The molecule has 282 valence electrons. The molecule has 0 aliphatic heterocycles. The van der Waals surface area contributed by atoms with Gasteiger partial charge in [-0.1, -0.05) is 191 Å². The highest BCUT2D eigenvalue weighted by molar-refractivity contribution is 6.06. The van der Waals surface area contributed by atoms with E-state index in [1.807, 2.05) is 0 Å². The molecule has 11 rings (SSSR count). The molecular formula is C58H45N. The molecule has 0 N–H and O–H groups in total. The Bertz CT molecular complexity index is 3060. The summed E-state index contributed by atoms with van der Waals surface area (Å²) in [5.41, 5.74) is 21.2. The van der Waals surface area contributed by atoms with E-state index in [2.05, 4.69) is 233 Å². The lowest BCUT2D eigenvalue weighted by Crippen LogP contribution is -2.18. The summed E-state index contributed by atoms with van der Waals surface area (Å²) in [6.45, 7) is 9.57. The number of anilines is 3. The van der Waals surface area contributed by atoms with Gasteiger partial charge < -0.3 is 4.90 Å². The van der Waals surface area contributed by atoms with Crippen molar-refractivity contribution >= 4 is 27.8 Å². The van der Waals surface area contributed by atoms with Gasteiger partial charge in [0.2, 0.25) is 0 Å². The van der Waals surface area contributed by atoms with Gasteiger partial charge in [-0.3, -0.25) is 0 Å². The van der Waals surface area contributed by atoms with Gasteiger partial charge in [0.1, 0.15) is 0 Å².